The van der Waals surface area contributed by atoms with Crippen LogP contribution in [0.1, 0.15) is 18.2 Å². The molecule has 0 aliphatic carbocycles. The Morgan fingerprint density at radius 2 is 1.88 bits per heavy atom. The minimum absolute atomic E-state index is 0.623. The van der Waals surface area contributed by atoms with E-state index in [1.165, 1.54) is 5.56 Å². The number of hydrogen-bond donors (Lipinski definition) is 2. The first-order valence-electron chi connectivity index (χ1n) is 8.98. The normalized spacial score (nSPS) is 15.1. The fraction of sp³-hybridized carbons (Fsp3) is 0.474. The van der Waals surface area contributed by atoms with E-state index in [1.54, 1.807) is 0 Å². The van der Waals surface area contributed by atoms with Crippen LogP contribution in [0, 0.1) is 6.92 Å². The maximum absolute atomic E-state index is 5.38. The molecule has 1 aromatic carbocycles. The van der Waals surface area contributed by atoms with Gasteiger partial charge >= 0.3 is 0 Å². The van der Waals surface area contributed by atoms with E-state index >= 15 is 0 Å². The Labute approximate surface area is 149 Å². The zero-order chi connectivity index (χ0) is 17.5. The van der Waals surface area contributed by atoms with Crippen molar-refractivity contribution >= 4 is 17.5 Å². The number of nitrogens with one attached hydrogen (secondary N) is 2. The molecule has 1 aliphatic heterocycles. The van der Waals surface area contributed by atoms with Gasteiger partial charge in [0.2, 0.25) is 5.95 Å². The van der Waals surface area contributed by atoms with Crippen LogP contribution in [0.2, 0.25) is 0 Å². The minimum Gasteiger partial charge on any atom is -0.379 e. The van der Waals surface area contributed by atoms with E-state index in [4.69, 9.17) is 4.74 Å². The number of anilines is 3. The molecule has 1 saturated heterocycles. The maximum atomic E-state index is 5.38. The highest BCUT2D eigenvalue weighted by Gasteiger charge is 2.09. The second-order valence-electron chi connectivity index (χ2n) is 6.27. The average molecular weight is 341 g/mol. The van der Waals surface area contributed by atoms with E-state index < -0.39 is 0 Å². The first-order valence-corrected chi connectivity index (χ1v) is 8.98. The Hall–Kier alpha value is -2.18. The van der Waals surface area contributed by atoms with Crippen LogP contribution >= 0.6 is 0 Å². The van der Waals surface area contributed by atoms with Crippen LogP contribution in [0.5, 0.6) is 0 Å². The lowest BCUT2D eigenvalue weighted by molar-refractivity contribution is 0.0398. The molecule has 1 fully saturated rings. The molecule has 6 nitrogen and oxygen atoms in total. The van der Waals surface area contributed by atoms with Gasteiger partial charge in [-0.25, -0.2) is 4.98 Å². The van der Waals surface area contributed by atoms with E-state index in [9.17, 15) is 0 Å². The highest BCUT2D eigenvalue weighted by Crippen LogP contribution is 2.16. The van der Waals surface area contributed by atoms with Crippen molar-refractivity contribution in [2.75, 3.05) is 50.0 Å². The number of hydrogen-bond acceptors (Lipinski definition) is 6. The zero-order valence-corrected chi connectivity index (χ0v) is 15.1. The molecule has 2 heterocycles. The van der Waals surface area contributed by atoms with Crippen molar-refractivity contribution in [1.29, 1.82) is 0 Å². The standard InChI is InChI=1S/C19H27N5O/c1-3-16-4-6-17(7-5-16)22-19-21-15(2)14-18(23-19)20-8-9-24-10-12-25-13-11-24/h4-7,14H,3,8-13H2,1-2H3,(H2,20,21,22,23). The highest BCUT2D eigenvalue weighted by molar-refractivity contribution is 5.55. The first-order chi connectivity index (χ1) is 12.2. The number of morpholine rings is 1. The molecule has 2 aromatic rings. The monoisotopic (exact) mass is 341 g/mol. The maximum Gasteiger partial charge on any atom is 0.229 e. The van der Waals surface area contributed by atoms with E-state index in [-0.39, 0.29) is 0 Å². The van der Waals surface area contributed by atoms with Crippen molar-refractivity contribution < 1.29 is 4.74 Å². The lowest BCUT2D eigenvalue weighted by Gasteiger charge is -2.26. The van der Waals surface area contributed by atoms with Crippen molar-refractivity contribution in [2.45, 2.75) is 20.3 Å². The summed E-state index contributed by atoms with van der Waals surface area (Å²) in [4.78, 5) is 11.5. The third-order valence-electron chi connectivity index (χ3n) is 4.31. The minimum atomic E-state index is 0.623. The molecule has 1 aliphatic rings. The van der Waals surface area contributed by atoms with Gasteiger partial charge in [-0.05, 0) is 31.0 Å². The zero-order valence-electron chi connectivity index (χ0n) is 15.1. The summed E-state index contributed by atoms with van der Waals surface area (Å²) in [5.41, 5.74) is 3.26. The second-order valence-corrected chi connectivity index (χ2v) is 6.27. The molecule has 6 heteroatoms. The third kappa shape index (κ3) is 5.41. The Morgan fingerprint density at radius 3 is 2.60 bits per heavy atom. The fourth-order valence-electron chi connectivity index (χ4n) is 2.83. The lowest BCUT2D eigenvalue weighted by atomic mass is 10.1. The van der Waals surface area contributed by atoms with Crippen LogP contribution in [0.15, 0.2) is 30.3 Å². The molecule has 0 amide bonds. The smallest absolute Gasteiger partial charge is 0.229 e. The number of ether oxygens (including phenoxy) is 1. The SMILES string of the molecule is CCc1ccc(Nc2nc(C)cc(NCCN3CCOCC3)n2)cc1. The Balaban J connectivity index is 1.57. The molecule has 0 radical (unpaired) electrons. The quantitative estimate of drug-likeness (QED) is 0.807. The van der Waals surface area contributed by atoms with E-state index in [2.05, 4.69) is 56.7 Å². The molecule has 25 heavy (non-hydrogen) atoms. The average Bonchev–Trinajstić information content (AvgIpc) is 2.63. The van der Waals surface area contributed by atoms with Gasteiger partial charge in [0.1, 0.15) is 5.82 Å². The second kappa shape index (κ2) is 8.78. The summed E-state index contributed by atoms with van der Waals surface area (Å²) < 4.78 is 5.38. The Kier molecular flexibility index (Phi) is 6.19. The van der Waals surface area contributed by atoms with E-state index in [0.29, 0.717) is 5.95 Å². The van der Waals surface area contributed by atoms with Gasteiger partial charge < -0.3 is 15.4 Å². The van der Waals surface area contributed by atoms with Crippen molar-refractivity contribution in [3.8, 4) is 0 Å². The van der Waals surface area contributed by atoms with Gasteiger partial charge in [0.15, 0.2) is 0 Å². The van der Waals surface area contributed by atoms with Gasteiger partial charge in [-0.1, -0.05) is 19.1 Å². The Bertz CT molecular complexity index is 668. The summed E-state index contributed by atoms with van der Waals surface area (Å²) in [7, 11) is 0. The van der Waals surface area contributed by atoms with Gasteiger partial charge in [-0.3, -0.25) is 4.90 Å². The van der Waals surface area contributed by atoms with Crippen LogP contribution in [0.3, 0.4) is 0 Å². The number of nitrogens with zero attached hydrogens (tertiary/aromatic N) is 3. The largest absolute Gasteiger partial charge is 0.379 e. The summed E-state index contributed by atoms with van der Waals surface area (Å²) >= 11 is 0. The molecule has 0 atom stereocenters. The fourth-order valence-corrected chi connectivity index (χ4v) is 2.83. The summed E-state index contributed by atoms with van der Waals surface area (Å²) in [6, 6.07) is 10.4. The van der Waals surface area contributed by atoms with E-state index in [1.807, 2.05) is 13.0 Å². The van der Waals surface area contributed by atoms with Crippen molar-refractivity contribution in [1.82, 2.24) is 14.9 Å². The van der Waals surface area contributed by atoms with Crippen LogP contribution in [0.4, 0.5) is 17.5 Å². The molecule has 0 saturated carbocycles. The molecule has 1 aromatic heterocycles. The molecule has 134 valence electrons. The number of aryl methyl sites for hydroxylation is 2. The Morgan fingerprint density at radius 1 is 1.12 bits per heavy atom. The molecule has 0 unspecified atom stereocenters. The molecular weight excluding hydrogens is 314 g/mol. The molecule has 2 N–H and O–H groups in total. The van der Waals surface area contributed by atoms with Crippen LogP contribution < -0.4 is 10.6 Å². The predicted molar refractivity (Wildman–Crippen MR) is 102 cm³/mol. The number of benzene rings is 1. The number of rotatable bonds is 7. The summed E-state index contributed by atoms with van der Waals surface area (Å²) in [5.74, 6) is 1.48. The summed E-state index contributed by atoms with van der Waals surface area (Å²) in [6.45, 7) is 9.67. The van der Waals surface area contributed by atoms with Gasteiger partial charge in [0, 0.05) is 43.6 Å². The first kappa shape index (κ1) is 17.6. The van der Waals surface area contributed by atoms with Crippen molar-refractivity contribution in [2.24, 2.45) is 0 Å². The summed E-state index contributed by atoms with van der Waals surface area (Å²) in [6.07, 6.45) is 1.04. The van der Waals surface area contributed by atoms with Crippen molar-refractivity contribution in [3.05, 3.63) is 41.6 Å². The van der Waals surface area contributed by atoms with Crippen LogP contribution in [0.25, 0.3) is 0 Å². The summed E-state index contributed by atoms with van der Waals surface area (Å²) in [5, 5.41) is 6.69. The van der Waals surface area contributed by atoms with Gasteiger partial charge in [0.05, 0.1) is 13.2 Å². The van der Waals surface area contributed by atoms with Crippen molar-refractivity contribution in [3.63, 3.8) is 0 Å². The lowest BCUT2D eigenvalue weighted by Crippen LogP contribution is -2.39. The van der Waals surface area contributed by atoms with Gasteiger partial charge in [-0.2, -0.15) is 4.98 Å². The number of aromatic nitrogens is 2. The highest BCUT2D eigenvalue weighted by atomic mass is 16.5. The third-order valence-corrected chi connectivity index (χ3v) is 4.31. The topological polar surface area (TPSA) is 62.3 Å². The van der Waals surface area contributed by atoms with Gasteiger partial charge in [0.25, 0.3) is 0 Å². The van der Waals surface area contributed by atoms with Crippen LogP contribution in [-0.2, 0) is 11.2 Å². The van der Waals surface area contributed by atoms with Crippen LogP contribution in [-0.4, -0.2) is 54.3 Å². The van der Waals surface area contributed by atoms with Gasteiger partial charge in [-0.15, -0.1) is 0 Å². The molecule has 0 spiro atoms. The van der Waals surface area contributed by atoms with E-state index in [0.717, 1.165) is 63.0 Å². The molecule has 3 rings (SSSR count). The predicted octanol–water partition coefficient (Wildman–Crippen LogP) is 2.84. The molecular formula is C19H27N5O. The molecule has 0 bridgehead atoms.